The number of rotatable bonds is 4. The Morgan fingerprint density at radius 1 is 1.73 bits per heavy atom. The lowest BCUT2D eigenvalue weighted by atomic mass is 10.2. The predicted octanol–water partition coefficient (Wildman–Crippen LogP) is 0.965. The molecule has 1 amide bonds. The highest BCUT2D eigenvalue weighted by Crippen LogP contribution is 2.26. The fraction of sp³-hybridized carbons (Fsp3) is 0.889. The lowest BCUT2D eigenvalue weighted by Crippen LogP contribution is -2.37. The molecule has 0 unspecified atom stereocenters. The molecule has 1 aliphatic heterocycles. The standard InChI is InChI=1S/C9H17NO4S/c1-9(2)12-4-6(14-9)7(5-15-3)13-8(10)11/h6-7H,4-5H2,1-3H3,(H2,10,11)/t6-,7+/m0/s1. The van der Waals surface area contributed by atoms with Gasteiger partial charge in [-0.2, -0.15) is 11.8 Å². The van der Waals surface area contributed by atoms with E-state index in [0.29, 0.717) is 12.4 Å². The van der Waals surface area contributed by atoms with E-state index in [-0.39, 0.29) is 12.2 Å². The molecule has 2 atom stereocenters. The second kappa shape index (κ2) is 5.05. The van der Waals surface area contributed by atoms with Crippen LogP contribution in [0, 0.1) is 0 Å². The maximum Gasteiger partial charge on any atom is 0.404 e. The molecule has 1 aliphatic rings. The molecule has 0 saturated carbocycles. The van der Waals surface area contributed by atoms with Gasteiger partial charge in [0.2, 0.25) is 0 Å². The molecule has 0 radical (unpaired) electrons. The van der Waals surface area contributed by atoms with E-state index in [2.05, 4.69) is 0 Å². The Bertz CT molecular complexity index is 234. The molecule has 88 valence electrons. The molecule has 15 heavy (non-hydrogen) atoms. The third kappa shape index (κ3) is 3.89. The summed E-state index contributed by atoms with van der Waals surface area (Å²) < 4.78 is 16.0. The van der Waals surface area contributed by atoms with Gasteiger partial charge in [-0.3, -0.25) is 0 Å². The summed E-state index contributed by atoms with van der Waals surface area (Å²) in [5, 5.41) is 0. The van der Waals surface area contributed by atoms with Gasteiger partial charge >= 0.3 is 6.09 Å². The zero-order valence-corrected chi connectivity index (χ0v) is 10.0. The number of ether oxygens (including phenoxy) is 3. The smallest absolute Gasteiger partial charge is 0.404 e. The molecule has 1 heterocycles. The molecule has 0 aliphatic carbocycles. The van der Waals surface area contributed by atoms with Gasteiger partial charge in [-0.1, -0.05) is 0 Å². The Balaban J connectivity index is 2.53. The summed E-state index contributed by atoms with van der Waals surface area (Å²) in [5.41, 5.74) is 4.99. The molecule has 1 rings (SSSR count). The number of thioether (sulfide) groups is 1. The van der Waals surface area contributed by atoms with Crippen LogP contribution in [0.3, 0.4) is 0 Å². The Labute approximate surface area is 93.6 Å². The van der Waals surface area contributed by atoms with Crippen molar-refractivity contribution in [3.8, 4) is 0 Å². The summed E-state index contributed by atoms with van der Waals surface area (Å²) >= 11 is 1.57. The molecule has 1 fully saturated rings. The van der Waals surface area contributed by atoms with Crippen LogP contribution < -0.4 is 5.73 Å². The molecule has 0 aromatic heterocycles. The van der Waals surface area contributed by atoms with E-state index >= 15 is 0 Å². The lowest BCUT2D eigenvalue weighted by Gasteiger charge is -2.22. The van der Waals surface area contributed by atoms with Crippen molar-refractivity contribution in [2.75, 3.05) is 18.6 Å². The lowest BCUT2D eigenvalue weighted by molar-refractivity contribution is -0.149. The Kier molecular flexibility index (Phi) is 4.24. The highest BCUT2D eigenvalue weighted by Gasteiger charge is 2.38. The van der Waals surface area contributed by atoms with Crippen molar-refractivity contribution in [2.24, 2.45) is 5.73 Å². The maximum absolute atomic E-state index is 10.7. The average Bonchev–Trinajstić information content (AvgIpc) is 2.44. The van der Waals surface area contributed by atoms with Crippen LogP contribution >= 0.6 is 11.8 Å². The van der Waals surface area contributed by atoms with Crippen molar-refractivity contribution >= 4 is 17.9 Å². The van der Waals surface area contributed by atoms with Gasteiger partial charge < -0.3 is 19.9 Å². The molecule has 6 heteroatoms. The van der Waals surface area contributed by atoms with Gasteiger partial charge in [0, 0.05) is 5.75 Å². The number of carbonyl (C=O) groups excluding carboxylic acids is 1. The van der Waals surface area contributed by atoms with Crippen LogP contribution in [-0.2, 0) is 14.2 Å². The molecule has 1 saturated heterocycles. The second-order valence-electron chi connectivity index (χ2n) is 3.80. The highest BCUT2D eigenvalue weighted by molar-refractivity contribution is 7.98. The summed E-state index contributed by atoms with van der Waals surface area (Å²) in [6.45, 7) is 4.08. The Hall–Kier alpha value is -0.460. The van der Waals surface area contributed by atoms with Crippen LogP contribution in [0.25, 0.3) is 0 Å². The minimum Gasteiger partial charge on any atom is -0.443 e. The Morgan fingerprint density at radius 2 is 2.40 bits per heavy atom. The van der Waals surface area contributed by atoms with Crippen molar-refractivity contribution in [3.63, 3.8) is 0 Å². The van der Waals surface area contributed by atoms with Crippen LogP contribution in [0.15, 0.2) is 0 Å². The summed E-state index contributed by atoms with van der Waals surface area (Å²) in [6.07, 6.45) is 0.569. The zero-order valence-electron chi connectivity index (χ0n) is 9.19. The van der Waals surface area contributed by atoms with Crippen molar-refractivity contribution in [1.82, 2.24) is 0 Å². The van der Waals surface area contributed by atoms with Gasteiger partial charge in [0.1, 0.15) is 12.2 Å². The van der Waals surface area contributed by atoms with E-state index in [0.717, 1.165) is 0 Å². The molecule has 0 spiro atoms. The summed E-state index contributed by atoms with van der Waals surface area (Å²) in [7, 11) is 0. The number of nitrogens with two attached hydrogens (primary N) is 1. The maximum atomic E-state index is 10.7. The molecule has 0 bridgehead atoms. The van der Waals surface area contributed by atoms with E-state index in [1.54, 1.807) is 11.8 Å². The first-order valence-corrected chi connectivity index (χ1v) is 6.11. The first kappa shape index (κ1) is 12.6. The molecule has 5 nitrogen and oxygen atoms in total. The van der Waals surface area contributed by atoms with Crippen molar-refractivity contribution in [3.05, 3.63) is 0 Å². The number of amides is 1. The van der Waals surface area contributed by atoms with Crippen LogP contribution in [-0.4, -0.2) is 42.7 Å². The molecular weight excluding hydrogens is 218 g/mol. The summed E-state index contributed by atoms with van der Waals surface area (Å²) in [6, 6.07) is 0. The summed E-state index contributed by atoms with van der Waals surface area (Å²) in [4.78, 5) is 10.7. The van der Waals surface area contributed by atoms with Crippen molar-refractivity contribution in [2.45, 2.75) is 31.8 Å². The number of carbonyl (C=O) groups is 1. The largest absolute Gasteiger partial charge is 0.443 e. The van der Waals surface area contributed by atoms with Gasteiger partial charge in [-0.25, -0.2) is 4.79 Å². The number of hydrogen-bond donors (Lipinski definition) is 1. The SMILES string of the molecule is CSC[C@@H](OC(N)=O)[C@@H]1COC(C)(C)O1. The second-order valence-corrected chi connectivity index (χ2v) is 4.71. The monoisotopic (exact) mass is 235 g/mol. The summed E-state index contributed by atoms with van der Waals surface area (Å²) in [5.74, 6) is 0.0371. The van der Waals surface area contributed by atoms with Gasteiger partial charge in [-0.15, -0.1) is 0 Å². The highest BCUT2D eigenvalue weighted by atomic mass is 32.2. The normalized spacial score (nSPS) is 26.2. The van der Waals surface area contributed by atoms with E-state index in [9.17, 15) is 4.79 Å². The van der Waals surface area contributed by atoms with E-state index in [1.165, 1.54) is 0 Å². The fourth-order valence-corrected chi connectivity index (χ4v) is 2.04. The van der Waals surface area contributed by atoms with Crippen molar-refractivity contribution < 1.29 is 19.0 Å². The van der Waals surface area contributed by atoms with Gasteiger partial charge in [0.15, 0.2) is 5.79 Å². The third-order valence-corrected chi connectivity index (χ3v) is 2.71. The van der Waals surface area contributed by atoms with Crippen LogP contribution in [0.2, 0.25) is 0 Å². The molecule has 0 aromatic carbocycles. The predicted molar refractivity (Wildman–Crippen MR) is 57.7 cm³/mol. The fourth-order valence-electron chi connectivity index (χ4n) is 1.43. The van der Waals surface area contributed by atoms with Gasteiger partial charge in [0.25, 0.3) is 0 Å². The van der Waals surface area contributed by atoms with Gasteiger partial charge in [0.05, 0.1) is 6.61 Å². The average molecular weight is 235 g/mol. The number of hydrogen-bond acceptors (Lipinski definition) is 5. The minimum absolute atomic E-state index is 0.236. The topological polar surface area (TPSA) is 70.8 Å². The van der Waals surface area contributed by atoms with Crippen molar-refractivity contribution in [1.29, 1.82) is 0 Å². The van der Waals surface area contributed by atoms with Crippen LogP contribution in [0.5, 0.6) is 0 Å². The van der Waals surface area contributed by atoms with Crippen LogP contribution in [0.1, 0.15) is 13.8 Å². The number of primary amides is 1. The molecule has 0 aromatic rings. The van der Waals surface area contributed by atoms with E-state index in [4.69, 9.17) is 19.9 Å². The first-order valence-electron chi connectivity index (χ1n) is 4.71. The molecule has 2 N–H and O–H groups in total. The van der Waals surface area contributed by atoms with E-state index in [1.807, 2.05) is 20.1 Å². The molecular formula is C9H17NO4S. The first-order chi connectivity index (χ1) is 6.94. The van der Waals surface area contributed by atoms with Gasteiger partial charge in [-0.05, 0) is 20.1 Å². The van der Waals surface area contributed by atoms with E-state index < -0.39 is 11.9 Å². The third-order valence-electron chi connectivity index (χ3n) is 2.04. The minimum atomic E-state index is -0.776. The van der Waals surface area contributed by atoms with Crippen LogP contribution in [0.4, 0.5) is 4.79 Å². The zero-order chi connectivity index (χ0) is 11.5. The quantitative estimate of drug-likeness (QED) is 0.786. The Morgan fingerprint density at radius 3 is 2.80 bits per heavy atom.